The second-order valence-electron chi connectivity index (χ2n) is 6.83. The van der Waals surface area contributed by atoms with Gasteiger partial charge in [-0.15, -0.1) is 0 Å². The quantitative estimate of drug-likeness (QED) is 0.709. The summed E-state index contributed by atoms with van der Waals surface area (Å²) in [4.78, 5) is 34.0. The van der Waals surface area contributed by atoms with Gasteiger partial charge >= 0.3 is 6.09 Å². The molecule has 0 bridgehead atoms. The van der Waals surface area contributed by atoms with E-state index in [1.165, 1.54) is 0 Å². The first-order chi connectivity index (χ1) is 12.9. The lowest BCUT2D eigenvalue weighted by atomic mass is 9.98. The van der Waals surface area contributed by atoms with E-state index in [4.69, 9.17) is 10.5 Å². The van der Waals surface area contributed by atoms with Gasteiger partial charge in [0.2, 0.25) is 0 Å². The van der Waals surface area contributed by atoms with E-state index >= 15 is 0 Å². The van der Waals surface area contributed by atoms with Crippen molar-refractivity contribution >= 4 is 44.6 Å². The van der Waals surface area contributed by atoms with Gasteiger partial charge in [-0.05, 0) is 45.1 Å². The first kappa shape index (κ1) is 19.9. The number of imidazole rings is 1. The number of benzene rings is 1. The molecule has 2 aromatic rings. The van der Waals surface area contributed by atoms with Crippen LogP contribution in [-0.4, -0.2) is 51.5 Å². The highest BCUT2D eigenvalue weighted by molar-refractivity contribution is 8.76. The number of carbonyl (C=O) groups is 2. The van der Waals surface area contributed by atoms with Crippen LogP contribution >= 0.6 is 21.6 Å². The van der Waals surface area contributed by atoms with Crippen LogP contribution < -0.4 is 5.73 Å². The van der Waals surface area contributed by atoms with Gasteiger partial charge < -0.3 is 15.5 Å². The Balaban J connectivity index is 1.86. The molecule has 1 aromatic heterocycles. The Kier molecular flexibility index (Phi) is 5.90. The lowest BCUT2D eigenvalue weighted by Gasteiger charge is -2.32. The summed E-state index contributed by atoms with van der Waals surface area (Å²) in [7, 11) is 3.33. The zero-order valence-electron chi connectivity index (χ0n) is 15.7. The molecule has 1 aromatic carbocycles. The second-order valence-corrected chi connectivity index (χ2v) is 9.74. The summed E-state index contributed by atoms with van der Waals surface area (Å²) < 4.78 is 5.53. The average molecular weight is 409 g/mol. The Morgan fingerprint density at radius 2 is 2.26 bits per heavy atom. The van der Waals surface area contributed by atoms with Crippen LogP contribution in [0, 0.1) is 0 Å². The summed E-state index contributed by atoms with van der Waals surface area (Å²) in [6, 6.07) is 5.27. The number of para-hydroxylation sites is 1. The Bertz CT molecular complexity index is 856. The Hall–Kier alpha value is -1.87. The number of likely N-dealkylation sites (tertiary alicyclic amines) is 1. The average Bonchev–Trinajstić information content (AvgIpc) is 3.24. The fourth-order valence-electron chi connectivity index (χ4n) is 3.45. The van der Waals surface area contributed by atoms with E-state index in [1.54, 1.807) is 38.6 Å². The molecule has 3 N–H and O–H groups in total. The second kappa shape index (κ2) is 8.02. The normalized spacial score (nSPS) is 20.8. The number of carbonyl (C=O) groups excluding carboxylic acids is 2. The molecule has 0 radical (unpaired) electrons. The number of primary amides is 1. The number of aromatic nitrogens is 2. The highest BCUT2D eigenvalue weighted by atomic mass is 33.1. The van der Waals surface area contributed by atoms with Crippen molar-refractivity contribution in [2.24, 2.45) is 5.73 Å². The van der Waals surface area contributed by atoms with Crippen molar-refractivity contribution in [3.05, 3.63) is 29.6 Å². The van der Waals surface area contributed by atoms with E-state index in [0.717, 1.165) is 18.4 Å². The van der Waals surface area contributed by atoms with Crippen molar-refractivity contribution in [2.75, 3.05) is 19.4 Å². The highest BCUT2D eigenvalue weighted by Gasteiger charge is 2.44. The molecular formula is C18H24N4O3S2. The lowest BCUT2D eigenvalue weighted by molar-refractivity contribution is 0.0729. The molecule has 0 aliphatic carbocycles. The monoisotopic (exact) mass is 408 g/mol. The number of aromatic amines is 1. The van der Waals surface area contributed by atoms with Gasteiger partial charge in [0.15, 0.2) is 0 Å². The third kappa shape index (κ3) is 3.89. The number of nitrogens with two attached hydrogens (primary N) is 1. The molecule has 2 amide bonds. The highest BCUT2D eigenvalue weighted by Crippen LogP contribution is 2.38. The molecule has 1 saturated heterocycles. The predicted octanol–water partition coefficient (Wildman–Crippen LogP) is 3.51. The number of nitrogens with one attached hydrogen (secondary N) is 1. The smallest absolute Gasteiger partial charge is 0.410 e. The molecule has 146 valence electrons. The Morgan fingerprint density at radius 1 is 1.48 bits per heavy atom. The first-order valence-corrected chi connectivity index (χ1v) is 11.4. The molecule has 27 heavy (non-hydrogen) atoms. The van der Waals surface area contributed by atoms with E-state index in [9.17, 15) is 9.59 Å². The Morgan fingerprint density at radius 3 is 2.96 bits per heavy atom. The van der Waals surface area contributed by atoms with Crippen LogP contribution in [0.2, 0.25) is 0 Å². The summed E-state index contributed by atoms with van der Waals surface area (Å²) >= 11 is 0. The molecule has 0 unspecified atom stereocenters. The Labute approximate surface area is 166 Å². The van der Waals surface area contributed by atoms with Crippen LogP contribution in [0.25, 0.3) is 11.0 Å². The number of rotatable bonds is 6. The van der Waals surface area contributed by atoms with Crippen LogP contribution in [0.5, 0.6) is 0 Å². The number of ether oxygens (including phenoxy) is 1. The summed E-state index contributed by atoms with van der Waals surface area (Å²) in [5.74, 6) is 0.124. The van der Waals surface area contributed by atoms with Gasteiger partial charge in [0.05, 0.1) is 11.1 Å². The standard InChI is InChI=1S/C18H24N4O3S2/c1-11(27-26-3)10-25-17(24)22-9-5-8-18(22,2)16-20-13-7-4-6-12(15(19)23)14(13)21-16/h4,6-7,11H,5,8-10H2,1-3H3,(H2,19,23)(H,20,21)/t11-,18-/m1/s1. The molecule has 0 saturated carbocycles. The third-order valence-corrected chi connectivity index (χ3v) is 7.07. The topological polar surface area (TPSA) is 101 Å². The summed E-state index contributed by atoms with van der Waals surface area (Å²) in [6.07, 6.45) is 3.30. The van der Waals surface area contributed by atoms with E-state index in [0.29, 0.717) is 30.1 Å². The first-order valence-electron chi connectivity index (χ1n) is 8.79. The SMILES string of the molecule is CSS[C@H](C)COC(=O)N1CCC[C@]1(C)c1nc2c(C(N)=O)cccc2[nH]1. The number of fused-ring (bicyclic) bond motifs is 1. The van der Waals surface area contributed by atoms with E-state index in [-0.39, 0.29) is 11.3 Å². The number of hydrogen-bond donors (Lipinski definition) is 2. The molecule has 3 rings (SSSR count). The number of hydrogen-bond acceptors (Lipinski definition) is 6. The fourth-order valence-corrected chi connectivity index (χ4v) is 5.05. The van der Waals surface area contributed by atoms with Gasteiger partial charge in [0, 0.05) is 11.8 Å². The van der Waals surface area contributed by atoms with Gasteiger partial charge in [-0.2, -0.15) is 0 Å². The van der Waals surface area contributed by atoms with Gasteiger partial charge in [0.1, 0.15) is 23.5 Å². The summed E-state index contributed by atoms with van der Waals surface area (Å²) in [5.41, 5.74) is 6.48. The van der Waals surface area contributed by atoms with Crippen LogP contribution in [0.1, 0.15) is 42.9 Å². The van der Waals surface area contributed by atoms with E-state index in [2.05, 4.69) is 9.97 Å². The van der Waals surface area contributed by atoms with Crippen LogP contribution in [0.3, 0.4) is 0 Å². The predicted molar refractivity (Wildman–Crippen MR) is 110 cm³/mol. The van der Waals surface area contributed by atoms with Crippen molar-refractivity contribution in [1.82, 2.24) is 14.9 Å². The number of amides is 2. The minimum Gasteiger partial charge on any atom is -0.448 e. The van der Waals surface area contributed by atoms with Crippen LogP contribution in [0.15, 0.2) is 18.2 Å². The number of H-pyrrole nitrogens is 1. The van der Waals surface area contributed by atoms with Gasteiger partial charge in [0.25, 0.3) is 5.91 Å². The van der Waals surface area contributed by atoms with Crippen LogP contribution in [-0.2, 0) is 10.3 Å². The largest absolute Gasteiger partial charge is 0.448 e. The molecule has 1 aliphatic heterocycles. The molecule has 0 spiro atoms. The minimum atomic E-state index is -0.610. The van der Waals surface area contributed by atoms with Gasteiger partial charge in [-0.3, -0.25) is 9.69 Å². The summed E-state index contributed by atoms with van der Waals surface area (Å²) in [6.45, 7) is 4.98. The maximum Gasteiger partial charge on any atom is 0.410 e. The van der Waals surface area contributed by atoms with Crippen molar-refractivity contribution in [3.63, 3.8) is 0 Å². The van der Waals surface area contributed by atoms with Crippen molar-refractivity contribution < 1.29 is 14.3 Å². The zero-order valence-corrected chi connectivity index (χ0v) is 17.3. The van der Waals surface area contributed by atoms with Gasteiger partial charge in [-0.25, -0.2) is 9.78 Å². The molecule has 2 heterocycles. The fraction of sp³-hybridized carbons (Fsp3) is 0.500. The van der Waals surface area contributed by atoms with Crippen molar-refractivity contribution in [2.45, 2.75) is 37.5 Å². The van der Waals surface area contributed by atoms with E-state index in [1.807, 2.05) is 26.2 Å². The molecule has 1 fully saturated rings. The maximum absolute atomic E-state index is 12.7. The minimum absolute atomic E-state index is 0.224. The summed E-state index contributed by atoms with van der Waals surface area (Å²) in [5, 5.41) is 0.224. The molecule has 7 nitrogen and oxygen atoms in total. The van der Waals surface area contributed by atoms with Crippen molar-refractivity contribution in [1.29, 1.82) is 0 Å². The van der Waals surface area contributed by atoms with E-state index < -0.39 is 11.4 Å². The molecular weight excluding hydrogens is 384 g/mol. The zero-order chi connectivity index (χ0) is 19.6. The van der Waals surface area contributed by atoms with Crippen LogP contribution in [0.4, 0.5) is 4.79 Å². The maximum atomic E-state index is 12.7. The lowest BCUT2D eigenvalue weighted by Crippen LogP contribution is -2.44. The molecule has 2 atom stereocenters. The van der Waals surface area contributed by atoms with Gasteiger partial charge in [-0.1, -0.05) is 27.7 Å². The molecule has 1 aliphatic rings. The van der Waals surface area contributed by atoms with Crippen molar-refractivity contribution in [3.8, 4) is 0 Å². The molecule has 9 heteroatoms. The third-order valence-electron chi connectivity index (χ3n) is 4.85. The number of nitrogens with zero attached hydrogens (tertiary/aromatic N) is 2.